The van der Waals surface area contributed by atoms with Gasteiger partial charge in [0.25, 0.3) is 0 Å². The van der Waals surface area contributed by atoms with Crippen molar-refractivity contribution in [1.82, 2.24) is 0 Å². The highest BCUT2D eigenvalue weighted by atomic mass is 19.2. The minimum atomic E-state index is -1.56. The third kappa shape index (κ3) is 3.45. The van der Waals surface area contributed by atoms with Crippen LogP contribution < -0.4 is 5.73 Å². The van der Waals surface area contributed by atoms with Gasteiger partial charge in [-0.2, -0.15) is 0 Å². The summed E-state index contributed by atoms with van der Waals surface area (Å²) < 4.78 is 43.1. The van der Waals surface area contributed by atoms with Gasteiger partial charge in [-0.05, 0) is 24.6 Å². The molecule has 0 aliphatic carbocycles. The highest BCUT2D eigenvalue weighted by Crippen LogP contribution is 2.20. The van der Waals surface area contributed by atoms with Crippen LogP contribution in [0.5, 0.6) is 0 Å². The van der Waals surface area contributed by atoms with Crippen molar-refractivity contribution in [2.75, 3.05) is 6.61 Å². The molecule has 0 aliphatic heterocycles. The number of benzene rings is 1. The average molecular weight is 247 g/mol. The first-order valence-corrected chi connectivity index (χ1v) is 5.01. The number of nitrogens with two attached hydrogens (primary N) is 1. The number of halogens is 3. The van der Waals surface area contributed by atoms with Crippen LogP contribution in [0.25, 0.3) is 0 Å². The van der Waals surface area contributed by atoms with Crippen LogP contribution in [0.15, 0.2) is 12.1 Å². The molecule has 3 nitrogen and oxygen atoms in total. The average Bonchev–Trinajstić information content (AvgIpc) is 2.25. The monoisotopic (exact) mass is 247 g/mol. The molecule has 0 bridgehead atoms. The van der Waals surface area contributed by atoms with Crippen LogP contribution in [0.2, 0.25) is 0 Å². The Balaban J connectivity index is 2.82. The molecule has 6 heteroatoms. The quantitative estimate of drug-likeness (QED) is 0.654. The smallest absolute Gasteiger partial charge is 0.307 e. The SMILES string of the molecule is CCOC(=O)C[C@H](N)c1cc(F)c(F)c(F)c1. The molecule has 1 aromatic carbocycles. The van der Waals surface area contributed by atoms with Gasteiger partial charge in [0.2, 0.25) is 0 Å². The van der Waals surface area contributed by atoms with Crippen molar-refractivity contribution in [3.63, 3.8) is 0 Å². The molecule has 0 aliphatic rings. The summed E-state index contributed by atoms with van der Waals surface area (Å²) in [6.07, 6.45) is -0.224. The van der Waals surface area contributed by atoms with Gasteiger partial charge in [-0.25, -0.2) is 13.2 Å². The second-order valence-electron chi connectivity index (χ2n) is 3.41. The minimum Gasteiger partial charge on any atom is -0.466 e. The molecule has 1 rings (SSSR count). The first-order chi connectivity index (χ1) is 7.95. The molecule has 0 spiro atoms. The zero-order valence-corrected chi connectivity index (χ0v) is 9.17. The van der Waals surface area contributed by atoms with Gasteiger partial charge in [0, 0.05) is 6.04 Å². The van der Waals surface area contributed by atoms with Crippen LogP contribution in [0.3, 0.4) is 0 Å². The molecule has 17 heavy (non-hydrogen) atoms. The summed E-state index contributed by atoms with van der Waals surface area (Å²) in [6.45, 7) is 1.82. The largest absolute Gasteiger partial charge is 0.466 e. The molecule has 0 saturated carbocycles. The second kappa shape index (κ2) is 5.67. The summed E-state index contributed by atoms with van der Waals surface area (Å²) in [7, 11) is 0. The van der Waals surface area contributed by atoms with Crippen molar-refractivity contribution in [3.8, 4) is 0 Å². The van der Waals surface area contributed by atoms with Gasteiger partial charge >= 0.3 is 5.97 Å². The van der Waals surface area contributed by atoms with E-state index in [0.717, 1.165) is 12.1 Å². The molecule has 94 valence electrons. The molecule has 0 amide bonds. The molecule has 0 saturated heterocycles. The third-order valence-electron chi connectivity index (χ3n) is 2.13. The van der Waals surface area contributed by atoms with E-state index in [0.29, 0.717) is 0 Å². The summed E-state index contributed by atoms with van der Waals surface area (Å²) in [5, 5.41) is 0. The maximum absolute atomic E-state index is 12.9. The standard InChI is InChI=1S/C11H12F3NO2/c1-2-17-10(16)5-9(15)6-3-7(12)11(14)8(13)4-6/h3-4,9H,2,5,15H2,1H3/t9-/m0/s1. The molecule has 1 atom stereocenters. The van der Waals surface area contributed by atoms with E-state index in [1.54, 1.807) is 6.92 Å². The van der Waals surface area contributed by atoms with E-state index >= 15 is 0 Å². The van der Waals surface area contributed by atoms with Gasteiger partial charge in [-0.1, -0.05) is 0 Å². The zero-order chi connectivity index (χ0) is 13.0. The Morgan fingerprint density at radius 3 is 2.35 bits per heavy atom. The second-order valence-corrected chi connectivity index (χ2v) is 3.41. The van der Waals surface area contributed by atoms with Crippen LogP contribution >= 0.6 is 0 Å². The van der Waals surface area contributed by atoms with E-state index < -0.39 is 29.5 Å². The van der Waals surface area contributed by atoms with Gasteiger partial charge < -0.3 is 10.5 Å². The molecule has 0 aromatic heterocycles. The van der Waals surface area contributed by atoms with Crippen LogP contribution in [0, 0.1) is 17.5 Å². The van der Waals surface area contributed by atoms with Crippen LogP contribution in [-0.2, 0) is 9.53 Å². The Labute approximate surface area is 96.4 Å². The fraction of sp³-hybridized carbons (Fsp3) is 0.364. The number of ether oxygens (including phenoxy) is 1. The summed E-state index contributed by atoms with van der Waals surface area (Å²) in [6, 6.07) is 0.601. The normalized spacial score (nSPS) is 12.3. The van der Waals surface area contributed by atoms with Gasteiger partial charge in [-0.15, -0.1) is 0 Å². The van der Waals surface area contributed by atoms with E-state index in [4.69, 9.17) is 5.73 Å². The molecule has 1 aromatic rings. The van der Waals surface area contributed by atoms with Crippen molar-refractivity contribution in [2.45, 2.75) is 19.4 Å². The van der Waals surface area contributed by atoms with Crippen molar-refractivity contribution in [1.29, 1.82) is 0 Å². The molecule has 0 heterocycles. The molecular weight excluding hydrogens is 235 g/mol. The molecule has 2 N–H and O–H groups in total. The van der Waals surface area contributed by atoms with Gasteiger partial charge in [-0.3, -0.25) is 4.79 Å². The Bertz CT molecular complexity index is 400. The lowest BCUT2D eigenvalue weighted by molar-refractivity contribution is -0.143. The van der Waals surface area contributed by atoms with Gasteiger partial charge in [0.05, 0.1) is 13.0 Å². The predicted octanol–water partition coefficient (Wildman–Crippen LogP) is 2.06. The minimum absolute atomic E-state index is 0.00875. The molecule has 0 unspecified atom stereocenters. The Morgan fingerprint density at radius 1 is 1.35 bits per heavy atom. The predicted molar refractivity (Wildman–Crippen MR) is 54.5 cm³/mol. The van der Waals surface area contributed by atoms with E-state index in [1.165, 1.54) is 0 Å². The number of rotatable bonds is 4. The first-order valence-electron chi connectivity index (χ1n) is 5.01. The molecule has 0 fully saturated rings. The van der Waals surface area contributed by atoms with Gasteiger partial charge in [0.1, 0.15) is 0 Å². The summed E-state index contributed by atoms with van der Waals surface area (Å²) in [5.41, 5.74) is 5.57. The first kappa shape index (κ1) is 13.5. The summed E-state index contributed by atoms with van der Waals surface area (Å²) in [5.74, 6) is -4.80. The van der Waals surface area contributed by atoms with Crippen LogP contribution in [0.4, 0.5) is 13.2 Å². The highest BCUT2D eigenvalue weighted by molar-refractivity contribution is 5.70. The van der Waals surface area contributed by atoms with Crippen molar-refractivity contribution < 1.29 is 22.7 Å². The third-order valence-corrected chi connectivity index (χ3v) is 2.13. The number of hydrogen-bond acceptors (Lipinski definition) is 3. The fourth-order valence-corrected chi connectivity index (χ4v) is 1.31. The van der Waals surface area contributed by atoms with Crippen LogP contribution in [-0.4, -0.2) is 12.6 Å². The Hall–Kier alpha value is -1.56. The maximum Gasteiger partial charge on any atom is 0.307 e. The van der Waals surface area contributed by atoms with Crippen molar-refractivity contribution >= 4 is 5.97 Å². The summed E-state index contributed by atoms with van der Waals surface area (Å²) in [4.78, 5) is 11.1. The Morgan fingerprint density at radius 2 is 1.88 bits per heavy atom. The maximum atomic E-state index is 12.9. The number of carbonyl (C=O) groups excluding carboxylic acids is 1. The van der Waals surface area contributed by atoms with Crippen molar-refractivity contribution in [3.05, 3.63) is 35.1 Å². The molecule has 0 radical (unpaired) electrons. The van der Waals surface area contributed by atoms with Crippen molar-refractivity contribution in [2.24, 2.45) is 5.73 Å². The van der Waals surface area contributed by atoms with E-state index in [-0.39, 0.29) is 18.6 Å². The fourth-order valence-electron chi connectivity index (χ4n) is 1.31. The number of carbonyl (C=O) groups is 1. The van der Waals surface area contributed by atoms with Crippen LogP contribution in [0.1, 0.15) is 24.9 Å². The van der Waals surface area contributed by atoms with E-state index in [9.17, 15) is 18.0 Å². The topological polar surface area (TPSA) is 52.3 Å². The van der Waals surface area contributed by atoms with E-state index in [1.807, 2.05) is 0 Å². The number of esters is 1. The van der Waals surface area contributed by atoms with E-state index in [2.05, 4.69) is 4.74 Å². The number of hydrogen-bond donors (Lipinski definition) is 1. The zero-order valence-electron chi connectivity index (χ0n) is 9.17. The lowest BCUT2D eigenvalue weighted by atomic mass is 10.0. The summed E-state index contributed by atoms with van der Waals surface area (Å²) >= 11 is 0. The Kier molecular flexibility index (Phi) is 4.51. The lowest BCUT2D eigenvalue weighted by Crippen LogP contribution is -2.18. The highest BCUT2D eigenvalue weighted by Gasteiger charge is 2.17. The lowest BCUT2D eigenvalue weighted by Gasteiger charge is -2.11. The molecular formula is C11H12F3NO2. The van der Waals surface area contributed by atoms with Gasteiger partial charge in [0.15, 0.2) is 17.5 Å².